The number of carbonyl (C=O) groups is 2. The van der Waals surface area contributed by atoms with Crippen LogP contribution in [0.15, 0.2) is 6.07 Å². The largest absolute Gasteiger partial charge is 0.447 e. The van der Waals surface area contributed by atoms with Crippen molar-refractivity contribution in [3.8, 4) is 0 Å². The quantitative estimate of drug-likeness (QED) is 0.792. The van der Waals surface area contributed by atoms with Crippen LogP contribution in [0, 0.1) is 18.3 Å². The molecule has 1 atom stereocenters. The summed E-state index contributed by atoms with van der Waals surface area (Å²) in [5, 5.41) is 0. The molecule has 3 heterocycles. The zero-order valence-electron chi connectivity index (χ0n) is 17.9. The molecule has 7 nitrogen and oxygen atoms in total. The standard InChI is InChI=1S/C21H32N4O3/c1-13(2)17-12-28-20(27)25(17)18-11-16(22-14(3)23-18)15-7-9-24(10-8-15)19(26)21(4,5)6/h11,13,15,17H,7-10,12H2,1-6H3/t17-/m1/s1. The van der Waals surface area contributed by atoms with Gasteiger partial charge in [0.15, 0.2) is 0 Å². The third-order valence-corrected chi connectivity index (χ3v) is 5.61. The van der Waals surface area contributed by atoms with Crippen molar-refractivity contribution < 1.29 is 14.3 Å². The Labute approximate surface area is 167 Å². The van der Waals surface area contributed by atoms with E-state index in [2.05, 4.69) is 23.8 Å². The molecule has 28 heavy (non-hydrogen) atoms. The number of likely N-dealkylation sites (tertiary alicyclic amines) is 1. The Hall–Kier alpha value is -2.18. The topological polar surface area (TPSA) is 75.6 Å². The van der Waals surface area contributed by atoms with Crippen LogP contribution >= 0.6 is 0 Å². The molecule has 2 aliphatic rings. The van der Waals surface area contributed by atoms with Crippen molar-refractivity contribution in [2.75, 3.05) is 24.6 Å². The zero-order chi connectivity index (χ0) is 20.6. The Bertz CT molecular complexity index is 749. The van der Waals surface area contributed by atoms with E-state index in [0.717, 1.165) is 31.6 Å². The summed E-state index contributed by atoms with van der Waals surface area (Å²) in [4.78, 5) is 37.6. The zero-order valence-corrected chi connectivity index (χ0v) is 17.9. The highest BCUT2D eigenvalue weighted by Crippen LogP contribution is 2.32. The third-order valence-electron chi connectivity index (χ3n) is 5.61. The van der Waals surface area contributed by atoms with Gasteiger partial charge in [-0.05, 0) is 25.7 Å². The number of hydrogen-bond donors (Lipinski definition) is 0. The molecule has 154 valence electrons. The first-order valence-electron chi connectivity index (χ1n) is 10.2. The van der Waals surface area contributed by atoms with Gasteiger partial charge in [-0.3, -0.25) is 9.69 Å². The van der Waals surface area contributed by atoms with Crippen LogP contribution in [0.4, 0.5) is 10.6 Å². The van der Waals surface area contributed by atoms with E-state index in [1.165, 1.54) is 0 Å². The van der Waals surface area contributed by atoms with Gasteiger partial charge in [-0.2, -0.15) is 0 Å². The van der Waals surface area contributed by atoms with Crippen LogP contribution in [0.3, 0.4) is 0 Å². The predicted molar refractivity (Wildman–Crippen MR) is 107 cm³/mol. The van der Waals surface area contributed by atoms with Crippen molar-refractivity contribution in [2.24, 2.45) is 11.3 Å². The second kappa shape index (κ2) is 7.68. The van der Waals surface area contributed by atoms with E-state index in [1.807, 2.05) is 38.7 Å². The summed E-state index contributed by atoms with van der Waals surface area (Å²) in [6, 6.07) is 1.92. The van der Waals surface area contributed by atoms with Crippen molar-refractivity contribution in [1.29, 1.82) is 0 Å². The van der Waals surface area contributed by atoms with Crippen LogP contribution in [0.25, 0.3) is 0 Å². The summed E-state index contributed by atoms with van der Waals surface area (Å²) in [5.41, 5.74) is 0.598. The molecule has 0 saturated carbocycles. The summed E-state index contributed by atoms with van der Waals surface area (Å²) in [6.45, 7) is 13.8. The lowest BCUT2D eigenvalue weighted by Gasteiger charge is -2.35. The number of carbonyl (C=O) groups excluding carboxylic acids is 2. The fourth-order valence-corrected chi connectivity index (χ4v) is 3.95. The molecule has 7 heteroatoms. The van der Waals surface area contributed by atoms with Gasteiger partial charge < -0.3 is 9.64 Å². The van der Waals surface area contributed by atoms with E-state index < -0.39 is 0 Å². The first-order valence-corrected chi connectivity index (χ1v) is 10.2. The molecule has 1 aromatic heterocycles. The molecule has 0 radical (unpaired) electrons. The normalized spacial score (nSPS) is 21.4. The van der Waals surface area contributed by atoms with E-state index in [4.69, 9.17) is 4.74 Å². The number of amides is 2. The number of cyclic esters (lactones) is 1. The average Bonchev–Trinajstić information content (AvgIpc) is 3.02. The molecule has 2 saturated heterocycles. The van der Waals surface area contributed by atoms with Crippen LogP contribution in [0.5, 0.6) is 0 Å². The van der Waals surface area contributed by atoms with Gasteiger partial charge >= 0.3 is 6.09 Å². The van der Waals surface area contributed by atoms with Crippen molar-refractivity contribution >= 4 is 17.8 Å². The fourth-order valence-electron chi connectivity index (χ4n) is 3.95. The molecule has 0 unspecified atom stereocenters. The van der Waals surface area contributed by atoms with Gasteiger partial charge in [0.1, 0.15) is 18.2 Å². The maximum absolute atomic E-state index is 12.5. The van der Waals surface area contributed by atoms with Crippen molar-refractivity contribution in [3.05, 3.63) is 17.6 Å². The Morgan fingerprint density at radius 3 is 2.43 bits per heavy atom. The first-order chi connectivity index (χ1) is 13.1. The highest BCUT2D eigenvalue weighted by atomic mass is 16.6. The number of hydrogen-bond acceptors (Lipinski definition) is 5. The Kier molecular flexibility index (Phi) is 5.64. The molecule has 0 N–H and O–H groups in total. The van der Waals surface area contributed by atoms with Crippen LogP contribution in [0.2, 0.25) is 0 Å². The molecule has 0 spiro atoms. The van der Waals surface area contributed by atoms with Crippen LogP contribution in [-0.4, -0.2) is 52.6 Å². The van der Waals surface area contributed by atoms with Crippen LogP contribution in [-0.2, 0) is 9.53 Å². The molecule has 0 bridgehead atoms. The predicted octanol–water partition coefficient (Wildman–Crippen LogP) is 3.52. The lowest BCUT2D eigenvalue weighted by Crippen LogP contribution is -2.43. The number of piperidine rings is 1. The number of aromatic nitrogens is 2. The SMILES string of the molecule is Cc1nc(C2CCN(C(=O)C(C)(C)C)CC2)cc(N2C(=O)OC[C@@H]2C(C)C)n1. The molecule has 0 aromatic carbocycles. The molecule has 1 aromatic rings. The molecule has 0 aliphatic carbocycles. The minimum atomic E-state index is -0.354. The van der Waals surface area contributed by atoms with Gasteiger partial charge in [0.25, 0.3) is 0 Å². The minimum absolute atomic E-state index is 0.0131. The highest BCUT2D eigenvalue weighted by molar-refractivity contribution is 5.89. The second-order valence-corrected chi connectivity index (χ2v) is 9.27. The molecular weight excluding hydrogens is 356 g/mol. The highest BCUT2D eigenvalue weighted by Gasteiger charge is 2.38. The van der Waals surface area contributed by atoms with Crippen LogP contribution < -0.4 is 4.90 Å². The fraction of sp³-hybridized carbons (Fsp3) is 0.714. The first kappa shape index (κ1) is 20.6. The van der Waals surface area contributed by atoms with Gasteiger partial charge in [0, 0.05) is 36.2 Å². The van der Waals surface area contributed by atoms with Crippen LogP contribution in [0.1, 0.15) is 64.9 Å². The molecule has 2 fully saturated rings. The van der Waals surface area contributed by atoms with E-state index >= 15 is 0 Å². The van der Waals surface area contributed by atoms with E-state index in [-0.39, 0.29) is 35.3 Å². The van der Waals surface area contributed by atoms with E-state index in [9.17, 15) is 9.59 Å². The number of anilines is 1. The number of ether oxygens (including phenoxy) is 1. The van der Waals surface area contributed by atoms with Crippen molar-refractivity contribution in [2.45, 2.75) is 66.3 Å². The number of aryl methyl sites for hydroxylation is 1. The maximum Gasteiger partial charge on any atom is 0.415 e. The summed E-state index contributed by atoms with van der Waals surface area (Å²) in [5.74, 6) is 2.02. The van der Waals surface area contributed by atoms with Crippen molar-refractivity contribution in [3.63, 3.8) is 0 Å². The molecule has 2 aliphatic heterocycles. The average molecular weight is 389 g/mol. The van der Waals surface area contributed by atoms with Gasteiger partial charge in [-0.15, -0.1) is 0 Å². The van der Waals surface area contributed by atoms with E-state index in [0.29, 0.717) is 18.2 Å². The summed E-state index contributed by atoms with van der Waals surface area (Å²) in [6.07, 6.45) is 1.40. The summed E-state index contributed by atoms with van der Waals surface area (Å²) < 4.78 is 5.27. The van der Waals surface area contributed by atoms with Gasteiger partial charge in [0.05, 0.1) is 6.04 Å². The Morgan fingerprint density at radius 2 is 1.86 bits per heavy atom. The minimum Gasteiger partial charge on any atom is -0.447 e. The molecule has 3 rings (SSSR count). The van der Waals surface area contributed by atoms with Crippen molar-refractivity contribution in [1.82, 2.24) is 14.9 Å². The smallest absolute Gasteiger partial charge is 0.415 e. The molecule has 2 amide bonds. The lowest BCUT2D eigenvalue weighted by molar-refractivity contribution is -0.140. The summed E-state index contributed by atoms with van der Waals surface area (Å²) in [7, 11) is 0. The van der Waals surface area contributed by atoms with Gasteiger partial charge in [-0.1, -0.05) is 34.6 Å². The number of nitrogens with zero attached hydrogens (tertiary/aromatic N) is 4. The third kappa shape index (κ3) is 4.13. The Morgan fingerprint density at radius 1 is 1.21 bits per heavy atom. The van der Waals surface area contributed by atoms with Gasteiger partial charge in [-0.25, -0.2) is 14.8 Å². The molecular formula is C21H32N4O3. The van der Waals surface area contributed by atoms with E-state index in [1.54, 1.807) is 4.90 Å². The summed E-state index contributed by atoms with van der Waals surface area (Å²) >= 11 is 0. The monoisotopic (exact) mass is 388 g/mol. The van der Waals surface area contributed by atoms with Gasteiger partial charge in [0.2, 0.25) is 5.91 Å². The Balaban J connectivity index is 1.78. The second-order valence-electron chi connectivity index (χ2n) is 9.27. The number of rotatable bonds is 3. The lowest BCUT2D eigenvalue weighted by atomic mass is 9.89. The maximum atomic E-state index is 12.5.